The SMILES string of the molecule is COc1ccc(C)cc1NS(=O)(=O)c1ccc(N)cc1. The Balaban J connectivity index is 2.37. The Morgan fingerprint density at radius 3 is 2.35 bits per heavy atom. The standard InChI is InChI=1S/C14H16N2O3S/c1-10-3-8-14(19-2)13(9-10)16-20(17,18)12-6-4-11(15)5-7-12/h3-9,16H,15H2,1-2H3. The fourth-order valence-corrected chi connectivity index (χ4v) is 2.81. The van der Waals surface area contributed by atoms with E-state index in [4.69, 9.17) is 10.5 Å². The summed E-state index contributed by atoms with van der Waals surface area (Å²) in [7, 11) is -2.17. The lowest BCUT2D eigenvalue weighted by molar-refractivity contribution is 0.417. The summed E-state index contributed by atoms with van der Waals surface area (Å²) < 4.78 is 32.2. The maximum Gasteiger partial charge on any atom is 0.262 e. The van der Waals surface area contributed by atoms with Gasteiger partial charge in [-0.15, -0.1) is 0 Å². The number of benzene rings is 2. The van der Waals surface area contributed by atoms with Gasteiger partial charge in [-0.05, 0) is 48.9 Å². The van der Waals surface area contributed by atoms with Crippen LogP contribution in [0, 0.1) is 6.92 Å². The molecule has 0 aliphatic carbocycles. The predicted molar refractivity (Wildman–Crippen MR) is 79.4 cm³/mol. The van der Waals surface area contributed by atoms with Gasteiger partial charge in [0.15, 0.2) is 0 Å². The van der Waals surface area contributed by atoms with E-state index in [0.29, 0.717) is 17.1 Å². The highest BCUT2D eigenvalue weighted by atomic mass is 32.2. The maximum atomic E-state index is 12.3. The van der Waals surface area contributed by atoms with Gasteiger partial charge < -0.3 is 10.5 Å². The van der Waals surface area contributed by atoms with Crippen molar-refractivity contribution in [2.75, 3.05) is 17.6 Å². The van der Waals surface area contributed by atoms with Crippen LogP contribution in [-0.2, 0) is 10.0 Å². The molecule has 0 bridgehead atoms. The fourth-order valence-electron chi connectivity index (χ4n) is 1.75. The minimum Gasteiger partial charge on any atom is -0.495 e. The number of anilines is 2. The first kappa shape index (κ1) is 14.2. The van der Waals surface area contributed by atoms with Crippen molar-refractivity contribution in [2.45, 2.75) is 11.8 Å². The van der Waals surface area contributed by atoms with E-state index in [1.165, 1.54) is 19.2 Å². The number of methoxy groups -OCH3 is 1. The number of ether oxygens (including phenoxy) is 1. The van der Waals surface area contributed by atoms with E-state index in [-0.39, 0.29) is 4.90 Å². The molecular formula is C14H16N2O3S. The molecule has 0 saturated heterocycles. The Hall–Kier alpha value is -2.21. The third kappa shape index (κ3) is 3.03. The van der Waals surface area contributed by atoms with Crippen LogP contribution in [0.5, 0.6) is 5.75 Å². The average molecular weight is 292 g/mol. The van der Waals surface area contributed by atoms with Gasteiger partial charge in [-0.25, -0.2) is 8.42 Å². The first-order valence-corrected chi connectivity index (χ1v) is 7.44. The van der Waals surface area contributed by atoms with Gasteiger partial charge in [-0.2, -0.15) is 0 Å². The van der Waals surface area contributed by atoms with Gasteiger partial charge in [0.05, 0.1) is 17.7 Å². The van der Waals surface area contributed by atoms with Gasteiger partial charge in [0.25, 0.3) is 10.0 Å². The number of nitrogens with two attached hydrogens (primary N) is 1. The Bertz CT molecular complexity index is 710. The zero-order chi connectivity index (χ0) is 14.8. The lowest BCUT2D eigenvalue weighted by atomic mass is 10.2. The normalized spacial score (nSPS) is 11.1. The molecule has 0 saturated carbocycles. The fraction of sp³-hybridized carbons (Fsp3) is 0.143. The molecule has 0 aromatic heterocycles. The van der Waals surface area contributed by atoms with Crippen LogP contribution in [0.4, 0.5) is 11.4 Å². The molecule has 0 aliphatic heterocycles. The zero-order valence-corrected chi connectivity index (χ0v) is 12.1. The molecule has 0 aliphatic rings. The van der Waals surface area contributed by atoms with Gasteiger partial charge >= 0.3 is 0 Å². The van der Waals surface area contributed by atoms with Crippen molar-refractivity contribution >= 4 is 21.4 Å². The molecule has 0 atom stereocenters. The van der Waals surface area contributed by atoms with Crippen molar-refractivity contribution < 1.29 is 13.2 Å². The van der Waals surface area contributed by atoms with Crippen LogP contribution in [0.3, 0.4) is 0 Å². The third-order valence-corrected chi connectivity index (χ3v) is 4.17. The molecule has 3 N–H and O–H groups in total. The van der Waals surface area contributed by atoms with E-state index < -0.39 is 10.0 Å². The molecule has 0 radical (unpaired) electrons. The molecule has 2 aromatic rings. The van der Waals surface area contributed by atoms with Crippen LogP contribution in [0.1, 0.15) is 5.56 Å². The van der Waals surface area contributed by atoms with E-state index in [0.717, 1.165) is 5.56 Å². The van der Waals surface area contributed by atoms with E-state index in [9.17, 15) is 8.42 Å². The second kappa shape index (κ2) is 5.42. The van der Waals surface area contributed by atoms with Crippen molar-refractivity contribution in [3.05, 3.63) is 48.0 Å². The molecule has 0 amide bonds. The summed E-state index contributed by atoms with van der Waals surface area (Å²) in [6.07, 6.45) is 0. The molecule has 0 spiro atoms. The number of rotatable bonds is 4. The van der Waals surface area contributed by atoms with Crippen LogP contribution in [0.25, 0.3) is 0 Å². The monoisotopic (exact) mass is 292 g/mol. The highest BCUT2D eigenvalue weighted by Gasteiger charge is 2.16. The summed E-state index contributed by atoms with van der Waals surface area (Å²) in [6.45, 7) is 1.88. The lowest BCUT2D eigenvalue weighted by Crippen LogP contribution is -2.13. The van der Waals surface area contributed by atoms with E-state index in [2.05, 4.69) is 4.72 Å². The van der Waals surface area contributed by atoms with Crippen LogP contribution in [0.2, 0.25) is 0 Å². The highest BCUT2D eigenvalue weighted by Crippen LogP contribution is 2.27. The molecule has 2 aromatic carbocycles. The quantitative estimate of drug-likeness (QED) is 0.848. The first-order valence-electron chi connectivity index (χ1n) is 5.95. The minimum absolute atomic E-state index is 0.148. The Morgan fingerprint density at radius 2 is 1.75 bits per heavy atom. The van der Waals surface area contributed by atoms with Crippen LogP contribution in [-0.4, -0.2) is 15.5 Å². The molecule has 0 heterocycles. The van der Waals surface area contributed by atoms with Gasteiger partial charge in [-0.1, -0.05) is 6.07 Å². The maximum absolute atomic E-state index is 12.3. The number of hydrogen-bond acceptors (Lipinski definition) is 4. The number of nitrogens with one attached hydrogen (secondary N) is 1. The summed E-state index contributed by atoms with van der Waals surface area (Å²) >= 11 is 0. The summed E-state index contributed by atoms with van der Waals surface area (Å²) in [5.74, 6) is 0.467. The van der Waals surface area contributed by atoms with Gasteiger partial charge in [0, 0.05) is 5.69 Å². The molecule has 2 rings (SSSR count). The number of aryl methyl sites for hydroxylation is 1. The molecule has 20 heavy (non-hydrogen) atoms. The van der Waals surface area contributed by atoms with Gasteiger partial charge in [-0.3, -0.25) is 4.72 Å². The van der Waals surface area contributed by atoms with E-state index >= 15 is 0 Å². The smallest absolute Gasteiger partial charge is 0.262 e. The number of sulfonamides is 1. The van der Waals surface area contributed by atoms with Crippen LogP contribution < -0.4 is 15.2 Å². The molecular weight excluding hydrogens is 276 g/mol. The van der Waals surface area contributed by atoms with Crippen LogP contribution >= 0.6 is 0 Å². The molecule has 0 fully saturated rings. The van der Waals surface area contributed by atoms with Crippen LogP contribution in [0.15, 0.2) is 47.4 Å². The first-order chi connectivity index (χ1) is 9.42. The summed E-state index contributed by atoms with van der Waals surface area (Å²) in [4.78, 5) is 0.148. The zero-order valence-electron chi connectivity index (χ0n) is 11.3. The van der Waals surface area contributed by atoms with Gasteiger partial charge in [0.1, 0.15) is 5.75 Å². The largest absolute Gasteiger partial charge is 0.495 e. The summed E-state index contributed by atoms with van der Waals surface area (Å²) in [5.41, 5.74) is 7.40. The molecule has 0 unspecified atom stereocenters. The predicted octanol–water partition coefficient (Wildman–Crippen LogP) is 2.39. The summed E-state index contributed by atoms with van der Waals surface area (Å²) in [6, 6.07) is 11.3. The van der Waals surface area contributed by atoms with E-state index in [1.807, 2.05) is 13.0 Å². The molecule has 6 heteroatoms. The lowest BCUT2D eigenvalue weighted by Gasteiger charge is -2.12. The molecule has 5 nitrogen and oxygen atoms in total. The average Bonchev–Trinajstić information content (AvgIpc) is 2.39. The van der Waals surface area contributed by atoms with Crippen molar-refractivity contribution in [2.24, 2.45) is 0 Å². The topological polar surface area (TPSA) is 81.4 Å². The van der Waals surface area contributed by atoms with Gasteiger partial charge in [0.2, 0.25) is 0 Å². The van der Waals surface area contributed by atoms with Crippen molar-refractivity contribution in [1.29, 1.82) is 0 Å². The van der Waals surface area contributed by atoms with E-state index in [1.54, 1.807) is 24.3 Å². The minimum atomic E-state index is -3.66. The highest BCUT2D eigenvalue weighted by molar-refractivity contribution is 7.92. The van der Waals surface area contributed by atoms with Crippen molar-refractivity contribution in [3.8, 4) is 5.75 Å². The number of hydrogen-bond donors (Lipinski definition) is 2. The van der Waals surface area contributed by atoms with Crippen molar-refractivity contribution in [1.82, 2.24) is 0 Å². The Kier molecular flexibility index (Phi) is 3.85. The molecule has 106 valence electrons. The third-order valence-electron chi connectivity index (χ3n) is 2.79. The second-order valence-electron chi connectivity index (χ2n) is 4.38. The number of nitrogen functional groups attached to an aromatic ring is 1. The Morgan fingerprint density at radius 1 is 1.10 bits per heavy atom. The van der Waals surface area contributed by atoms with Crippen molar-refractivity contribution in [3.63, 3.8) is 0 Å². The Labute approximate surface area is 118 Å². The summed E-state index contributed by atoms with van der Waals surface area (Å²) in [5, 5.41) is 0. The second-order valence-corrected chi connectivity index (χ2v) is 6.06.